The summed E-state index contributed by atoms with van der Waals surface area (Å²) in [6, 6.07) is 2.83. The van der Waals surface area contributed by atoms with Crippen LogP contribution in [0.15, 0.2) is 24.5 Å². The van der Waals surface area contributed by atoms with E-state index in [2.05, 4.69) is 20.3 Å². The molecule has 2 rings (SSSR count). The molecular weight excluding hydrogens is 244 g/mol. The number of aliphatic carboxylic acids is 1. The van der Waals surface area contributed by atoms with E-state index in [0.717, 1.165) is 0 Å². The molecule has 6 nitrogen and oxygen atoms in total. The number of pyridine rings is 1. The summed E-state index contributed by atoms with van der Waals surface area (Å²) in [5.74, 6) is -0.0929. The van der Waals surface area contributed by atoms with Gasteiger partial charge in [0.25, 0.3) is 0 Å². The highest BCUT2D eigenvalue weighted by molar-refractivity contribution is 5.78. The molecule has 2 heterocycles. The Morgan fingerprint density at radius 2 is 2.05 bits per heavy atom. The van der Waals surface area contributed by atoms with Crippen LogP contribution >= 0.6 is 0 Å². The molecule has 1 unspecified atom stereocenters. The largest absolute Gasteiger partial charge is 0.480 e. The van der Waals surface area contributed by atoms with E-state index >= 15 is 0 Å². The number of nitrogens with zero attached hydrogens (tertiary/aromatic N) is 3. The molecule has 0 radical (unpaired) electrons. The molecule has 0 aromatic carbocycles. The van der Waals surface area contributed by atoms with Crippen molar-refractivity contribution in [2.75, 3.05) is 5.32 Å². The number of rotatable bonds is 5. The Hall–Kier alpha value is -2.24. The van der Waals surface area contributed by atoms with Crippen LogP contribution in [0.2, 0.25) is 0 Å². The monoisotopic (exact) mass is 260 g/mol. The van der Waals surface area contributed by atoms with Crippen LogP contribution in [-0.4, -0.2) is 32.1 Å². The molecule has 0 saturated heterocycles. The van der Waals surface area contributed by atoms with Gasteiger partial charge >= 0.3 is 5.97 Å². The molecule has 2 N–H and O–H groups in total. The standard InChI is InChI=1S/C13H16N4O2/c1-8(2)7-10(13(18)19)16-11-4-3-9-12(17-11)15-6-5-14-9/h3-6,8,10H,7H2,1-2H3,(H,18,19)(H,15,16,17). The molecule has 2 aromatic heterocycles. The molecule has 100 valence electrons. The first-order valence-electron chi connectivity index (χ1n) is 6.13. The fourth-order valence-electron chi connectivity index (χ4n) is 1.81. The first kappa shape index (κ1) is 13.2. The van der Waals surface area contributed by atoms with Crippen molar-refractivity contribution < 1.29 is 9.90 Å². The van der Waals surface area contributed by atoms with E-state index in [1.165, 1.54) is 0 Å². The lowest BCUT2D eigenvalue weighted by atomic mass is 10.0. The van der Waals surface area contributed by atoms with Crippen LogP contribution in [0.1, 0.15) is 20.3 Å². The van der Waals surface area contributed by atoms with Gasteiger partial charge in [-0.2, -0.15) is 0 Å². The number of anilines is 1. The summed E-state index contributed by atoms with van der Waals surface area (Å²) in [5.41, 5.74) is 1.19. The molecule has 0 spiro atoms. The Labute approximate surface area is 110 Å². The summed E-state index contributed by atoms with van der Waals surface area (Å²) in [6.07, 6.45) is 3.69. The number of hydrogen-bond acceptors (Lipinski definition) is 5. The fraction of sp³-hybridized carbons (Fsp3) is 0.385. The Kier molecular flexibility index (Phi) is 3.89. The smallest absolute Gasteiger partial charge is 0.326 e. The maximum Gasteiger partial charge on any atom is 0.326 e. The van der Waals surface area contributed by atoms with Crippen molar-refractivity contribution in [2.24, 2.45) is 5.92 Å². The van der Waals surface area contributed by atoms with Crippen LogP contribution in [0.25, 0.3) is 11.2 Å². The second kappa shape index (κ2) is 5.60. The number of hydrogen-bond donors (Lipinski definition) is 2. The van der Waals surface area contributed by atoms with Gasteiger partial charge in [-0.1, -0.05) is 13.8 Å². The van der Waals surface area contributed by atoms with Gasteiger partial charge in [-0.3, -0.25) is 4.98 Å². The highest BCUT2D eigenvalue weighted by Gasteiger charge is 2.19. The Morgan fingerprint density at radius 1 is 1.32 bits per heavy atom. The lowest BCUT2D eigenvalue weighted by Gasteiger charge is -2.16. The lowest BCUT2D eigenvalue weighted by molar-refractivity contribution is -0.138. The molecule has 0 saturated carbocycles. The molecule has 0 fully saturated rings. The maximum atomic E-state index is 11.2. The summed E-state index contributed by atoms with van der Waals surface area (Å²) < 4.78 is 0. The van der Waals surface area contributed by atoms with Gasteiger partial charge in [-0.25, -0.2) is 14.8 Å². The summed E-state index contributed by atoms with van der Waals surface area (Å²) in [6.45, 7) is 3.97. The van der Waals surface area contributed by atoms with Crippen molar-refractivity contribution in [3.63, 3.8) is 0 Å². The zero-order valence-electron chi connectivity index (χ0n) is 10.9. The second-order valence-electron chi connectivity index (χ2n) is 4.76. The van der Waals surface area contributed by atoms with E-state index in [4.69, 9.17) is 0 Å². The number of aromatic nitrogens is 3. The first-order chi connectivity index (χ1) is 9.06. The van der Waals surface area contributed by atoms with Crippen LogP contribution in [0.4, 0.5) is 5.82 Å². The summed E-state index contributed by atoms with van der Waals surface area (Å²) in [4.78, 5) is 23.7. The minimum Gasteiger partial charge on any atom is -0.480 e. The predicted molar refractivity (Wildman–Crippen MR) is 71.8 cm³/mol. The highest BCUT2D eigenvalue weighted by Crippen LogP contribution is 2.14. The van der Waals surface area contributed by atoms with Gasteiger partial charge in [-0.05, 0) is 24.5 Å². The van der Waals surface area contributed by atoms with Gasteiger partial charge in [0.2, 0.25) is 0 Å². The van der Waals surface area contributed by atoms with Gasteiger partial charge in [-0.15, -0.1) is 0 Å². The molecule has 0 aliphatic rings. The molecule has 0 aliphatic heterocycles. The van der Waals surface area contributed by atoms with Gasteiger partial charge in [0.15, 0.2) is 5.65 Å². The predicted octanol–water partition coefficient (Wildman–Crippen LogP) is 1.94. The molecule has 0 aliphatic carbocycles. The van der Waals surface area contributed by atoms with Crippen LogP contribution in [-0.2, 0) is 4.79 Å². The average Bonchev–Trinajstić information content (AvgIpc) is 2.37. The quantitative estimate of drug-likeness (QED) is 0.854. The molecule has 1 atom stereocenters. The van der Waals surface area contributed by atoms with Crippen molar-refractivity contribution in [3.8, 4) is 0 Å². The Balaban J connectivity index is 2.21. The number of fused-ring (bicyclic) bond motifs is 1. The molecule has 2 aromatic rings. The van der Waals surface area contributed by atoms with Gasteiger partial charge in [0.1, 0.15) is 17.4 Å². The van der Waals surface area contributed by atoms with Crippen molar-refractivity contribution >= 4 is 23.0 Å². The zero-order valence-corrected chi connectivity index (χ0v) is 10.9. The van der Waals surface area contributed by atoms with E-state index in [9.17, 15) is 9.90 Å². The topological polar surface area (TPSA) is 88.0 Å². The normalized spacial score (nSPS) is 12.6. The van der Waals surface area contributed by atoms with Crippen molar-refractivity contribution in [1.29, 1.82) is 0 Å². The van der Waals surface area contributed by atoms with Crippen molar-refractivity contribution in [2.45, 2.75) is 26.3 Å². The summed E-state index contributed by atoms with van der Waals surface area (Å²) >= 11 is 0. The summed E-state index contributed by atoms with van der Waals surface area (Å²) in [5, 5.41) is 12.1. The molecule has 6 heteroatoms. The molecular formula is C13H16N4O2. The SMILES string of the molecule is CC(C)CC(Nc1ccc2nccnc2n1)C(=O)O. The zero-order chi connectivity index (χ0) is 13.8. The van der Waals surface area contributed by atoms with Gasteiger partial charge in [0.05, 0.1) is 0 Å². The van der Waals surface area contributed by atoms with Gasteiger partial charge < -0.3 is 10.4 Å². The average molecular weight is 260 g/mol. The number of carboxylic acid groups (broad SMARTS) is 1. The molecule has 19 heavy (non-hydrogen) atoms. The van der Waals surface area contributed by atoms with Crippen molar-refractivity contribution in [1.82, 2.24) is 15.0 Å². The van der Waals surface area contributed by atoms with E-state index in [1.807, 2.05) is 13.8 Å². The Bertz CT molecular complexity index is 586. The van der Waals surface area contributed by atoms with E-state index in [1.54, 1.807) is 24.5 Å². The highest BCUT2D eigenvalue weighted by atomic mass is 16.4. The van der Waals surface area contributed by atoms with E-state index < -0.39 is 12.0 Å². The van der Waals surface area contributed by atoms with E-state index in [-0.39, 0.29) is 5.92 Å². The number of carboxylic acids is 1. The fourth-order valence-corrected chi connectivity index (χ4v) is 1.81. The van der Waals surface area contributed by atoms with Crippen LogP contribution < -0.4 is 5.32 Å². The minimum atomic E-state index is -0.880. The lowest BCUT2D eigenvalue weighted by Crippen LogP contribution is -2.31. The van der Waals surface area contributed by atoms with Crippen LogP contribution in [0.5, 0.6) is 0 Å². The number of nitrogens with one attached hydrogen (secondary N) is 1. The van der Waals surface area contributed by atoms with Gasteiger partial charge in [0, 0.05) is 12.4 Å². The molecule has 0 amide bonds. The van der Waals surface area contributed by atoms with Crippen LogP contribution in [0.3, 0.4) is 0 Å². The second-order valence-corrected chi connectivity index (χ2v) is 4.76. The van der Waals surface area contributed by atoms with Crippen LogP contribution in [0, 0.1) is 5.92 Å². The van der Waals surface area contributed by atoms with E-state index in [0.29, 0.717) is 23.4 Å². The third-order valence-electron chi connectivity index (χ3n) is 2.66. The third kappa shape index (κ3) is 3.37. The molecule has 0 bridgehead atoms. The number of carbonyl (C=O) groups is 1. The third-order valence-corrected chi connectivity index (χ3v) is 2.66. The van der Waals surface area contributed by atoms with Crippen molar-refractivity contribution in [3.05, 3.63) is 24.5 Å². The minimum absolute atomic E-state index is 0.286. The first-order valence-corrected chi connectivity index (χ1v) is 6.13. The maximum absolute atomic E-state index is 11.2. The summed E-state index contributed by atoms with van der Waals surface area (Å²) in [7, 11) is 0. The Morgan fingerprint density at radius 3 is 2.74 bits per heavy atom.